The summed E-state index contributed by atoms with van der Waals surface area (Å²) in [4.78, 5) is 7.22. The van der Waals surface area contributed by atoms with Crippen LogP contribution in [0.15, 0.2) is 29.3 Å². The van der Waals surface area contributed by atoms with Gasteiger partial charge < -0.3 is 24.4 Å². The van der Waals surface area contributed by atoms with Crippen molar-refractivity contribution in [3.05, 3.63) is 29.8 Å². The standard InChI is InChI=1S/C23H39N3O3/c1-4-6-16-29-22-10-7-9-20(18-22)19-25-23(24-5-2)26-13-11-21(12-14-26)28-17-8-15-27-3/h7,9-10,18,21H,4-6,8,11-17,19H2,1-3H3,(H,24,25). The molecule has 6 nitrogen and oxygen atoms in total. The predicted octanol–water partition coefficient (Wildman–Crippen LogP) is 3.85. The van der Waals surface area contributed by atoms with Gasteiger partial charge in [-0.2, -0.15) is 0 Å². The van der Waals surface area contributed by atoms with E-state index in [0.717, 1.165) is 83.3 Å². The molecule has 1 heterocycles. The Hall–Kier alpha value is -1.79. The van der Waals surface area contributed by atoms with Gasteiger partial charge in [0.25, 0.3) is 0 Å². The minimum Gasteiger partial charge on any atom is -0.494 e. The SMILES string of the molecule is CCCCOc1cccc(CN=C(NCC)N2CCC(OCCCOC)CC2)c1. The van der Waals surface area contributed by atoms with Crippen LogP contribution in [0, 0.1) is 0 Å². The highest BCUT2D eigenvalue weighted by molar-refractivity contribution is 5.80. The van der Waals surface area contributed by atoms with Crippen LogP contribution in [0.1, 0.15) is 51.5 Å². The predicted molar refractivity (Wildman–Crippen MR) is 119 cm³/mol. The van der Waals surface area contributed by atoms with Crippen molar-refractivity contribution < 1.29 is 14.2 Å². The van der Waals surface area contributed by atoms with Gasteiger partial charge in [-0.3, -0.25) is 0 Å². The molecule has 0 amide bonds. The van der Waals surface area contributed by atoms with E-state index in [1.165, 1.54) is 5.56 Å². The molecule has 1 aromatic rings. The molecule has 1 saturated heterocycles. The minimum absolute atomic E-state index is 0.350. The van der Waals surface area contributed by atoms with Crippen LogP contribution in [0.25, 0.3) is 0 Å². The fraction of sp³-hybridized carbons (Fsp3) is 0.696. The Bertz CT molecular complexity index is 586. The molecule has 0 bridgehead atoms. The molecule has 1 N–H and O–H groups in total. The maximum Gasteiger partial charge on any atom is 0.194 e. The molecule has 6 heteroatoms. The monoisotopic (exact) mass is 405 g/mol. The summed E-state index contributed by atoms with van der Waals surface area (Å²) in [6.45, 7) is 10.1. The van der Waals surface area contributed by atoms with Crippen LogP contribution in [0.3, 0.4) is 0 Å². The lowest BCUT2D eigenvalue weighted by atomic mass is 10.1. The number of unbranched alkanes of at least 4 members (excludes halogenated alkanes) is 1. The molecule has 0 aliphatic carbocycles. The summed E-state index contributed by atoms with van der Waals surface area (Å²) >= 11 is 0. The number of nitrogens with one attached hydrogen (secondary N) is 1. The summed E-state index contributed by atoms with van der Waals surface area (Å²) in [5.74, 6) is 1.92. The first kappa shape index (κ1) is 23.5. The zero-order chi connectivity index (χ0) is 20.7. The number of benzene rings is 1. The molecule has 1 aromatic carbocycles. The highest BCUT2D eigenvalue weighted by Gasteiger charge is 2.21. The fourth-order valence-corrected chi connectivity index (χ4v) is 3.35. The third-order valence-electron chi connectivity index (χ3n) is 5.00. The summed E-state index contributed by atoms with van der Waals surface area (Å²) in [5.41, 5.74) is 1.17. The fourth-order valence-electron chi connectivity index (χ4n) is 3.35. The Balaban J connectivity index is 1.84. The first-order chi connectivity index (χ1) is 14.3. The third-order valence-corrected chi connectivity index (χ3v) is 5.00. The van der Waals surface area contributed by atoms with Gasteiger partial charge in [-0.15, -0.1) is 0 Å². The molecule has 2 rings (SSSR count). The van der Waals surface area contributed by atoms with Crippen LogP contribution in [0.4, 0.5) is 0 Å². The van der Waals surface area contributed by atoms with Gasteiger partial charge in [-0.25, -0.2) is 4.99 Å². The number of ether oxygens (including phenoxy) is 3. The van der Waals surface area contributed by atoms with Crippen molar-refractivity contribution in [2.24, 2.45) is 4.99 Å². The van der Waals surface area contributed by atoms with Crippen molar-refractivity contribution in [1.29, 1.82) is 0 Å². The molecule has 29 heavy (non-hydrogen) atoms. The van der Waals surface area contributed by atoms with E-state index in [1.807, 2.05) is 12.1 Å². The molecule has 1 aliphatic rings. The molecular weight excluding hydrogens is 366 g/mol. The van der Waals surface area contributed by atoms with Crippen LogP contribution in [-0.4, -0.2) is 63.5 Å². The van der Waals surface area contributed by atoms with Crippen LogP contribution in [0.2, 0.25) is 0 Å². The molecule has 1 fully saturated rings. The van der Waals surface area contributed by atoms with E-state index in [2.05, 4.69) is 36.2 Å². The van der Waals surface area contributed by atoms with Gasteiger partial charge in [0.15, 0.2) is 5.96 Å². The highest BCUT2D eigenvalue weighted by Crippen LogP contribution is 2.17. The minimum atomic E-state index is 0.350. The van der Waals surface area contributed by atoms with Gasteiger partial charge in [0.05, 0.1) is 19.3 Å². The molecule has 1 aliphatic heterocycles. The second kappa shape index (κ2) is 14.2. The quantitative estimate of drug-likeness (QED) is 0.325. The lowest BCUT2D eigenvalue weighted by molar-refractivity contribution is 0.00990. The number of likely N-dealkylation sites (tertiary alicyclic amines) is 1. The topological polar surface area (TPSA) is 55.3 Å². The van der Waals surface area contributed by atoms with Gasteiger partial charge in [-0.1, -0.05) is 25.5 Å². The lowest BCUT2D eigenvalue weighted by Gasteiger charge is -2.34. The Morgan fingerprint density at radius 1 is 1.14 bits per heavy atom. The van der Waals surface area contributed by atoms with E-state index < -0.39 is 0 Å². The highest BCUT2D eigenvalue weighted by atomic mass is 16.5. The number of guanidine groups is 1. The lowest BCUT2D eigenvalue weighted by Crippen LogP contribution is -2.47. The molecule has 0 radical (unpaired) electrons. The van der Waals surface area contributed by atoms with Crippen LogP contribution in [0.5, 0.6) is 5.75 Å². The first-order valence-corrected chi connectivity index (χ1v) is 11.1. The smallest absolute Gasteiger partial charge is 0.194 e. The van der Waals surface area contributed by atoms with Crippen LogP contribution in [-0.2, 0) is 16.0 Å². The maximum absolute atomic E-state index is 5.97. The summed E-state index contributed by atoms with van der Waals surface area (Å²) in [7, 11) is 1.73. The average molecular weight is 406 g/mol. The van der Waals surface area contributed by atoms with Crippen LogP contribution < -0.4 is 10.1 Å². The van der Waals surface area contributed by atoms with Crippen molar-refractivity contribution in [1.82, 2.24) is 10.2 Å². The van der Waals surface area contributed by atoms with Gasteiger partial charge in [-0.05, 0) is 50.3 Å². The zero-order valence-electron chi connectivity index (χ0n) is 18.5. The number of hydrogen-bond donors (Lipinski definition) is 1. The average Bonchev–Trinajstić information content (AvgIpc) is 2.75. The second-order valence-electron chi connectivity index (χ2n) is 7.42. The molecule has 0 unspecified atom stereocenters. The summed E-state index contributed by atoms with van der Waals surface area (Å²) in [5, 5.41) is 3.44. The largest absolute Gasteiger partial charge is 0.494 e. The van der Waals surface area contributed by atoms with Crippen molar-refractivity contribution in [3.63, 3.8) is 0 Å². The second-order valence-corrected chi connectivity index (χ2v) is 7.42. The van der Waals surface area contributed by atoms with Crippen molar-refractivity contribution in [3.8, 4) is 5.75 Å². The first-order valence-electron chi connectivity index (χ1n) is 11.1. The van der Waals surface area contributed by atoms with E-state index >= 15 is 0 Å². The molecule has 0 aromatic heterocycles. The number of aliphatic imine (C=N–C) groups is 1. The number of nitrogens with zero attached hydrogens (tertiary/aromatic N) is 2. The van der Waals surface area contributed by atoms with Crippen molar-refractivity contribution in [2.45, 2.75) is 58.6 Å². The summed E-state index contributed by atoms with van der Waals surface area (Å²) in [6, 6.07) is 8.28. The molecule has 0 saturated carbocycles. The number of piperidine rings is 1. The van der Waals surface area contributed by atoms with Crippen molar-refractivity contribution in [2.75, 3.05) is 46.6 Å². The van der Waals surface area contributed by atoms with E-state index in [9.17, 15) is 0 Å². The van der Waals surface area contributed by atoms with Crippen LogP contribution >= 0.6 is 0 Å². The van der Waals surface area contributed by atoms with E-state index in [4.69, 9.17) is 19.2 Å². The van der Waals surface area contributed by atoms with Gasteiger partial charge in [0.2, 0.25) is 0 Å². The molecule has 164 valence electrons. The number of methoxy groups -OCH3 is 1. The van der Waals surface area contributed by atoms with E-state index in [1.54, 1.807) is 7.11 Å². The number of rotatable bonds is 12. The Morgan fingerprint density at radius 2 is 1.97 bits per heavy atom. The Kier molecular flexibility index (Phi) is 11.5. The Morgan fingerprint density at radius 3 is 2.69 bits per heavy atom. The van der Waals surface area contributed by atoms with E-state index in [0.29, 0.717) is 12.6 Å². The third kappa shape index (κ3) is 9.05. The molecule has 0 spiro atoms. The van der Waals surface area contributed by atoms with Crippen molar-refractivity contribution >= 4 is 5.96 Å². The van der Waals surface area contributed by atoms with Gasteiger partial charge in [0, 0.05) is 40.0 Å². The molecular formula is C23H39N3O3. The summed E-state index contributed by atoms with van der Waals surface area (Å²) < 4.78 is 16.9. The molecule has 0 atom stereocenters. The number of hydrogen-bond acceptors (Lipinski definition) is 4. The van der Waals surface area contributed by atoms with Gasteiger partial charge in [0.1, 0.15) is 5.75 Å². The van der Waals surface area contributed by atoms with E-state index in [-0.39, 0.29) is 0 Å². The maximum atomic E-state index is 5.97. The summed E-state index contributed by atoms with van der Waals surface area (Å²) in [6.07, 6.45) is 5.62. The normalized spacial score (nSPS) is 15.6. The Labute approximate surface area is 176 Å². The zero-order valence-corrected chi connectivity index (χ0v) is 18.5. The van der Waals surface area contributed by atoms with Gasteiger partial charge >= 0.3 is 0 Å².